The number of nitrogens with one attached hydrogen (secondary N) is 2. The third-order valence-electron chi connectivity index (χ3n) is 2.97. The van der Waals surface area contributed by atoms with Gasteiger partial charge in [0.2, 0.25) is 0 Å². The number of hydrogen-bond acceptors (Lipinski definition) is 4. The fourth-order valence-corrected chi connectivity index (χ4v) is 2.52. The van der Waals surface area contributed by atoms with Gasteiger partial charge < -0.3 is 10.1 Å². The van der Waals surface area contributed by atoms with Gasteiger partial charge in [-0.3, -0.25) is 9.59 Å². The molecule has 0 saturated carbocycles. The Balaban J connectivity index is 2.01. The second-order valence-corrected chi connectivity index (χ2v) is 6.34. The van der Waals surface area contributed by atoms with E-state index in [0.29, 0.717) is 11.3 Å². The van der Waals surface area contributed by atoms with Crippen molar-refractivity contribution in [2.75, 3.05) is 12.4 Å². The Bertz CT molecular complexity index is 843. The molecule has 9 heteroatoms. The number of methoxy groups -OCH3 is 1. The third-order valence-corrected chi connectivity index (χ3v) is 4.28. The van der Waals surface area contributed by atoms with E-state index in [-0.39, 0.29) is 15.7 Å². The molecular weight excluding hydrogens is 433 g/mol. The van der Waals surface area contributed by atoms with Crippen molar-refractivity contribution in [2.24, 2.45) is 5.10 Å². The van der Waals surface area contributed by atoms with E-state index in [1.54, 1.807) is 30.3 Å². The Morgan fingerprint density at radius 3 is 2.68 bits per heavy atom. The summed E-state index contributed by atoms with van der Waals surface area (Å²) in [4.78, 5) is 23.7. The maximum Gasteiger partial charge on any atom is 0.329 e. The quantitative estimate of drug-likeness (QED) is 0.427. The predicted molar refractivity (Wildman–Crippen MR) is 102 cm³/mol. The van der Waals surface area contributed by atoms with Crippen LogP contribution in [0.1, 0.15) is 5.56 Å². The Morgan fingerprint density at radius 1 is 1.20 bits per heavy atom. The van der Waals surface area contributed by atoms with Gasteiger partial charge in [0.1, 0.15) is 5.75 Å². The maximum absolute atomic E-state index is 11.9. The average molecular weight is 445 g/mol. The van der Waals surface area contributed by atoms with Crippen LogP contribution in [0, 0.1) is 0 Å². The Morgan fingerprint density at radius 2 is 1.96 bits per heavy atom. The number of rotatable bonds is 4. The number of hydrazone groups is 1. The second kappa shape index (κ2) is 8.84. The van der Waals surface area contributed by atoms with Crippen molar-refractivity contribution in [1.29, 1.82) is 0 Å². The molecule has 2 aromatic carbocycles. The third kappa shape index (κ3) is 5.19. The molecule has 0 aliphatic heterocycles. The van der Waals surface area contributed by atoms with Crippen LogP contribution in [0.15, 0.2) is 46.0 Å². The molecule has 2 N–H and O–H groups in total. The van der Waals surface area contributed by atoms with Gasteiger partial charge in [0, 0.05) is 10.0 Å². The zero-order chi connectivity index (χ0) is 18.4. The number of ether oxygens (including phenoxy) is 1. The van der Waals surface area contributed by atoms with E-state index < -0.39 is 11.8 Å². The highest BCUT2D eigenvalue weighted by Crippen LogP contribution is 2.29. The van der Waals surface area contributed by atoms with Crippen LogP contribution in [0.5, 0.6) is 5.75 Å². The van der Waals surface area contributed by atoms with Gasteiger partial charge >= 0.3 is 11.8 Å². The van der Waals surface area contributed by atoms with E-state index in [1.165, 1.54) is 19.4 Å². The fourth-order valence-electron chi connectivity index (χ4n) is 1.80. The molecule has 0 heterocycles. The topological polar surface area (TPSA) is 79.8 Å². The van der Waals surface area contributed by atoms with E-state index >= 15 is 0 Å². The van der Waals surface area contributed by atoms with Crippen molar-refractivity contribution >= 4 is 62.8 Å². The van der Waals surface area contributed by atoms with Gasteiger partial charge in [-0.15, -0.1) is 0 Å². The van der Waals surface area contributed by atoms with E-state index in [4.69, 9.17) is 27.9 Å². The zero-order valence-corrected chi connectivity index (χ0v) is 15.9. The molecule has 0 aliphatic rings. The van der Waals surface area contributed by atoms with Crippen LogP contribution in [-0.4, -0.2) is 25.1 Å². The summed E-state index contributed by atoms with van der Waals surface area (Å²) in [7, 11) is 1.52. The van der Waals surface area contributed by atoms with E-state index in [9.17, 15) is 9.59 Å². The first-order valence-corrected chi connectivity index (χ1v) is 8.39. The number of carbonyl (C=O) groups is 2. The minimum Gasteiger partial charge on any atom is -0.496 e. The molecule has 2 rings (SSSR count). The molecule has 0 atom stereocenters. The summed E-state index contributed by atoms with van der Waals surface area (Å²) in [5.41, 5.74) is 2.98. The summed E-state index contributed by atoms with van der Waals surface area (Å²) in [6, 6.07) is 9.97. The first kappa shape index (κ1) is 19.2. The van der Waals surface area contributed by atoms with Gasteiger partial charge in [-0.25, -0.2) is 5.43 Å². The molecule has 2 amide bonds. The predicted octanol–water partition coefficient (Wildman–Crippen LogP) is 3.85. The molecule has 0 spiro atoms. The van der Waals surface area contributed by atoms with Crippen LogP contribution in [0.25, 0.3) is 0 Å². The van der Waals surface area contributed by atoms with E-state index in [0.717, 1.165) is 4.47 Å². The molecular formula is C16H12BrCl2N3O3. The molecule has 0 bridgehead atoms. The lowest BCUT2D eigenvalue weighted by molar-refractivity contribution is -0.136. The molecule has 0 aliphatic carbocycles. The first-order chi connectivity index (χ1) is 11.9. The molecule has 130 valence electrons. The lowest BCUT2D eigenvalue weighted by Gasteiger charge is -2.07. The van der Waals surface area contributed by atoms with Crippen molar-refractivity contribution in [1.82, 2.24) is 5.43 Å². The molecule has 0 unspecified atom stereocenters. The number of nitrogens with zero attached hydrogens (tertiary/aromatic N) is 1. The van der Waals surface area contributed by atoms with Crippen molar-refractivity contribution in [2.45, 2.75) is 0 Å². The summed E-state index contributed by atoms with van der Waals surface area (Å²) in [6.07, 6.45) is 1.36. The normalized spacial score (nSPS) is 10.6. The summed E-state index contributed by atoms with van der Waals surface area (Å²) >= 11 is 15.1. The fraction of sp³-hybridized carbons (Fsp3) is 0.0625. The maximum atomic E-state index is 11.9. The molecule has 0 radical (unpaired) electrons. The van der Waals surface area contributed by atoms with Crippen molar-refractivity contribution < 1.29 is 14.3 Å². The van der Waals surface area contributed by atoms with Gasteiger partial charge in [0.15, 0.2) is 0 Å². The number of benzene rings is 2. The van der Waals surface area contributed by atoms with E-state index in [1.807, 2.05) is 0 Å². The zero-order valence-electron chi connectivity index (χ0n) is 12.8. The molecule has 25 heavy (non-hydrogen) atoms. The standard InChI is InChI=1S/C16H12BrCl2N3O3/c1-25-13-6-5-10(17)7-9(13)8-20-22-16(24)15(23)21-12-4-2-3-11(18)14(12)19/h2-8H,1H3,(H,21,23)(H,22,24)/b20-8-. The van der Waals surface area contributed by atoms with Crippen LogP contribution >= 0.6 is 39.1 Å². The Kier molecular flexibility index (Phi) is 6.81. The highest BCUT2D eigenvalue weighted by Gasteiger charge is 2.15. The highest BCUT2D eigenvalue weighted by atomic mass is 79.9. The lowest BCUT2D eigenvalue weighted by Crippen LogP contribution is -2.32. The highest BCUT2D eigenvalue weighted by molar-refractivity contribution is 9.10. The first-order valence-electron chi connectivity index (χ1n) is 6.84. The molecule has 0 aromatic heterocycles. The smallest absolute Gasteiger partial charge is 0.329 e. The SMILES string of the molecule is COc1ccc(Br)cc1/C=N\NC(=O)C(=O)Nc1cccc(Cl)c1Cl. The summed E-state index contributed by atoms with van der Waals surface area (Å²) in [5.74, 6) is -1.32. The van der Waals surface area contributed by atoms with Crippen LogP contribution in [0.4, 0.5) is 5.69 Å². The van der Waals surface area contributed by atoms with Gasteiger partial charge in [0.25, 0.3) is 0 Å². The van der Waals surface area contributed by atoms with Gasteiger partial charge in [-0.2, -0.15) is 5.10 Å². The monoisotopic (exact) mass is 443 g/mol. The van der Waals surface area contributed by atoms with Crippen LogP contribution in [0.2, 0.25) is 10.0 Å². The van der Waals surface area contributed by atoms with Crippen LogP contribution in [0.3, 0.4) is 0 Å². The van der Waals surface area contributed by atoms with Crippen LogP contribution in [-0.2, 0) is 9.59 Å². The second-order valence-electron chi connectivity index (χ2n) is 4.64. The number of amides is 2. The minimum absolute atomic E-state index is 0.146. The lowest BCUT2D eigenvalue weighted by atomic mass is 10.2. The molecule has 2 aromatic rings. The molecule has 6 nitrogen and oxygen atoms in total. The number of hydrogen-bond donors (Lipinski definition) is 2. The largest absolute Gasteiger partial charge is 0.496 e. The van der Waals surface area contributed by atoms with Crippen LogP contribution < -0.4 is 15.5 Å². The van der Waals surface area contributed by atoms with Gasteiger partial charge in [-0.05, 0) is 30.3 Å². The summed E-state index contributed by atoms with van der Waals surface area (Å²) < 4.78 is 5.99. The number of halogens is 3. The van der Waals surface area contributed by atoms with E-state index in [2.05, 4.69) is 31.8 Å². The number of carbonyl (C=O) groups excluding carboxylic acids is 2. The molecule has 0 fully saturated rings. The van der Waals surface area contributed by atoms with Crippen molar-refractivity contribution in [3.05, 3.63) is 56.5 Å². The summed E-state index contributed by atoms with van der Waals surface area (Å²) in [5, 5.41) is 6.52. The summed E-state index contributed by atoms with van der Waals surface area (Å²) in [6.45, 7) is 0. The number of anilines is 1. The molecule has 0 saturated heterocycles. The van der Waals surface area contributed by atoms with Gasteiger partial charge in [0.05, 0.1) is 29.1 Å². The van der Waals surface area contributed by atoms with Crippen molar-refractivity contribution in [3.8, 4) is 5.75 Å². The van der Waals surface area contributed by atoms with Gasteiger partial charge in [-0.1, -0.05) is 45.2 Å². The van der Waals surface area contributed by atoms with Crippen molar-refractivity contribution in [3.63, 3.8) is 0 Å². The Hall–Kier alpha value is -2.09. The minimum atomic E-state index is -0.957. The average Bonchev–Trinajstić information content (AvgIpc) is 2.59. The Labute approximate surface area is 162 Å².